The van der Waals surface area contributed by atoms with E-state index in [4.69, 9.17) is 9.47 Å². The van der Waals surface area contributed by atoms with E-state index in [0.29, 0.717) is 13.1 Å². The summed E-state index contributed by atoms with van der Waals surface area (Å²) in [5.74, 6) is 1.05. The molecule has 2 aliphatic heterocycles. The van der Waals surface area contributed by atoms with E-state index in [0.717, 1.165) is 67.7 Å². The third kappa shape index (κ3) is 5.47. The quantitative estimate of drug-likeness (QED) is 0.501. The van der Waals surface area contributed by atoms with Crippen LogP contribution in [-0.2, 0) is 22.6 Å². The highest BCUT2D eigenvalue weighted by molar-refractivity contribution is 5.79. The maximum absolute atomic E-state index is 13.1. The Kier molecular flexibility index (Phi) is 7.27. The zero-order valence-corrected chi connectivity index (χ0v) is 20.9. The van der Waals surface area contributed by atoms with Crippen molar-refractivity contribution in [1.82, 2.24) is 30.1 Å². The molecule has 2 aliphatic rings. The number of nitrogens with one attached hydrogen (secondary N) is 1. The van der Waals surface area contributed by atoms with Crippen LogP contribution in [0.3, 0.4) is 0 Å². The number of aromatic nitrogens is 5. The topological polar surface area (TPSA) is 98.2 Å². The average molecular weight is 481 g/mol. The standard InChI is InChI=1S/C26H36N6O3/c1-17(2)24(25-28-29-30-32(25)16-22-7-5-11-35-22)31(15-21-6-4-10-34-21)14-20-13-19-12-18(3)8-9-23(19)27-26(20)33/h8-9,12-13,17,21-22,24H,4-7,10-11,14-16H2,1-3H3,(H,27,33)/t21-,22+,24+/m0/s1. The summed E-state index contributed by atoms with van der Waals surface area (Å²) in [6.45, 7) is 9.89. The lowest BCUT2D eigenvalue weighted by Crippen LogP contribution is -2.40. The first-order chi connectivity index (χ1) is 17.0. The van der Waals surface area contributed by atoms with Crippen molar-refractivity contribution < 1.29 is 9.47 Å². The summed E-state index contributed by atoms with van der Waals surface area (Å²) in [7, 11) is 0. The highest BCUT2D eigenvalue weighted by Crippen LogP contribution is 2.31. The minimum atomic E-state index is -0.0665. The van der Waals surface area contributed by atoms with Gasteiger partial charge in [0.1, 0.15) is 0 Å². The van der Waals surface area contributed by atoms with Gasteiger partial charge in [-0.3, -0.25) is 9.69 Å². The lowest BCUT2D eigenvalue weighted by Gasteiger charge is -2.35. The number of aromatic amines is 1. The summed E-state index contributed by atoms with van der Waals surface area (Å²) in [6, 6.07) is 8.06. The van der Waals surface area contributed by atoms with E-state index in [1.54, 1.807) is 0 Å². The van der Waals surface area contributed by atoms with Gasteiger partial charge in [0.25, 0.3) is 5.56 Å². The number of ether oxygens (including phenoxy) is 2. The first-order valence-corrected chi connectivity index (χ1v) is 12.8. The van der Waals surface area contributed by atoms with Crippen LogP contribution >= 0.6 is 0 Å². The molecule has 5 rings (SSSR count). The molecule has 1 aromatic carbocycles. The lowest BCUT2D eigenvalue weighted by molar-refractivity contribution is 0.0365. The zero-order chi connectivity index (χ0) is 24.4. The van der Waals surface area contributed by atoms with Gasteiger partial charge < -0.3 is 14.5 Å². The van der Waals surface area contributed by atoms with Gasteiger partial charge >= 0.3 is 0 Å². The Morgan fingerprint density at radius 3 is 2.63 bits per heavy atom. The largest absolute Gasteiger partial charge is 0.377 e. The van der Waals surface area contributed by atoms with Crippen molar-refractivity contribution in [2.75, 3.05) is 19.8 Å². The number of hydrogen-bond donors (Lipinski definition) is 1. The molecule has 0 radical (unpaired) electrons. The van der Waals surface area contributed by atoms with Crippen molar-refractivity contribution in [2.45, 2.75) is 77.8 Å². The SMILES string of the molecule is Cc1ccc2[nH]c(=O)c(CN(C[C@@H]3CCCO3)[C@@H](c3nnnn3C[C@H]3CCCO3)C(C)C)cc2c1. The summed E-state index contributed by atoms with van der Waals surface area (Å²) in [4.78, 5) is 18.5. The summed E-state index contributed by atoms with van der Waals surface area (Å²) in [6.07, 6.45) is 4.47. The van der Waals surface area contributed by atoms with Gasteiger partial charge in [-0.15, -0.1) is 5.10 Å². The molecule has 0 aliphatic carbocycles. The molecule has 2 fully saturated rings. The minimum absolute atomic E-state index is 0.0554. The van der Waals surface area contributed by atoms with Crippen molar-refractivity contribution >= 4 is 10.9 Å². The maximum atomic E-state index is 13.1. The number of pyridine rings is 1. The van der Waals surface area contributed by atoms with Gasteiger partial charge in [-0.1, -0.05) is 25.5 Å². The molecule has 0 amide bonds. The van der Waals surface area contributed by atoms with Gasteiger partial charge in [-0.25, -0.2) is 4.68 Å². The third-order valence-corrected chi connectivity index (χ3v) is 7.16. The highest BCUT2D eigenvalue weighted by Gasteiger charge is 2.33. The summed E-state index contributed by atoms with van der Waals surface area (Å²) in [5, 5.41) is 13.9. The van der Waals surface area contributed by atoms with Gasteiger partial charge in [0.15, 0.2) is 5.82 Å². The normalized spacial score (nSPS) is 21.5. The number of fused-ring (bicyclic) bond motifs is 1. The minimum Gasteiger partial charge on any atom is -0.377 e. The Bertz CT molecular complexity index is 1190. The van der Waals surface area contributed by atoms with Crippen LogP contribution in [0.25, 0.3) is 10.9 Å². The number of rotatable bonds is 9. The van der Waals surface area contributed by atoms with E-state index in [1.165, 1.54) is 5.56 Å². The van der Waals surface area contributed by atoms with E-state index in [-0.39, 0.29) is 29.7 Å². The Morgan fingerprint density at radius 1 is 1.14 bits per heavy atom. The van der Waals surface area contributed by atoms with Crippen LogP contribution in [-0.4, -0.2) is 62.1 Å². The first kappa shape index (κ1) is 24.1. The lowest BCUT2D eigenvalue weighted by atomic mass is 9.99. The maximum Gasteiger partial charge on any atom is 0.252 e. The number of tetrazole rings is 1. The molecular weight excluding hydrogens is 444 g/mol. The van der Waals surface area contributed by atoms with Crippen LogP contribution in [0.2, 0.25) is 0 Å². The Morgan fingerprint density at radius 2 is 1.91 bits per heavy atom. The van der Waals surface area contributed by atoms with Crippen LogP contribution in [0.1, 0.15) is 62.5 Å². The number of benzene rings is 1. The second-order valence-electron chi connectivity index (χ2n) is 10.3. The van der Waals surface area contributed by atoms with Crippen molar-refractivity contribution in [3.05, 3.63) is 51.6 Å². The third-order valence-electron chi connectivity index (χ3n) is 7.16. The Balaban J connectivity index is 1.49. The van der Waals surface area contributed by atoms with Crippen LogP contribution in [0.15, 0.2) is 29.1 Å². The van der Waals surface area contributed by atoms with Gasteiger partial charge in [0.2, 0.25) is 0 Å². The Labute approximate surface area is 205 Å². The van der Waals surface area contributed by atoms with E-state index >= 15 is 0 Å². The van der Waals surface area contributed by atoms with E-state index in [1.807, 2.05) is 22.9 Å². The van der Waals surface area contributed by atoms with Crippen LogP contribution in [0.4, 0.5) is 0 Å². The van der Waals surface area contributed by atoms with Crippen LogP contribution in [0.5, 0.6) is 0 Å². The van der Waals surface area contributed by atoms with Crippen LogP contribution in [0, 0.1) is 12.8 Å². The first-order valence-electron chi connectivity index (χ1n) is 12.8. The number of hydrogen-bond acceptors (Lipinski definition) is 7. The molecular formula is C26H36N6O3. The Hall–Kier alpha value is -2.62. The van der Waals surface area contributed by atoms with Gasteiger partial charge in [-0.2, -0.15) is 0 Å². The van der Waals surface area contributed by atoms with Crippen molar-refractivity contribution in [1.29, 1.82) is 0 Å². The number of H-pyrrole nitrogens is 1. The molecule has 0 spiro atoms. The highest BCUT2D eigenvalue weighted by atomic mass is 16.5. The summed E-state index contributed by atoms with van der Waals surface area (Å²) in [5.41, 5.74) is 2.71. The number of nitrogens with zero attached hydrogens (tertiary/aromatic N) is 5. The summed E-state index contributed by atoms with van der Waals surface area (Å²) < 4.78 is 13.8. The fourth-order valence-electron chi connectivity index (χ4n) is 5.45. The second-order valence-corrected chi connectivity index (χ2v) is 10.3. The molecule has 0 saturated carbocycles. The van der Waals surface area contributed by atoms with Crippen molar-refractivity contribution in [2.24, 2.45) is 5.92 Å². The fraction of sp³-hybridized carbons (Fsp3) is 0.615. The second kappa shape index (κ2) is 10.6. The molecule has 3 aromatic rings. The average Bonchev–Trinajstić information content (AvgIpc) is 3.59. The molecule has 0 unspecified atom stereocenters. The fourth-order valence-corrected chi connectivity index (χ4v) is 5.45. The molecule has 188 valence electrons. The molecule has 3 atom stereocenters. The molecule has 2 aromatic heterocycles. The van der Waals surface area contributed by atoms with Gasteiger partial charge in [0, 0.05) is 37.4 Å². The van der Waals surface area contributed by atoms with Gasteiger partial charge in [-0.05, 0) is 72.5 Å². The van der Waals surface area contributed by atoms with E-state index in [9.17, 15) is 4.79 Å². The van der Waals surface area contributed by atoms with E-state index in [2.05, 4.69) is 52.2 Å². The predicted octanol–water partition coefficient (Wildman–Crippen LogP) is 3.38. The molecule has 2 saturated heterocycles. The zero-order valence-electron chi connectivity index (χ0n) is 20.9. The molecule has 9 heteroatoms. The monoisotopic (exact) mass is 480 g/mol. The van der Waals surface area contributed by atoms with Crippen LogP contribution < -0.4 is 5.56 Å². The van der Waals surface area contributed by atoms with Crippen molar-refractivity contribution in [3.63, 3.8) is 0 Å². The van der Waals surface area contributed by atoms with Crippen molar-refractivity contribution in [3.8, 4) is 0 Å². The van der Waals surface area contributed by atoms with Gasteiger partial charge in [0.05, 0.1) is 24.8 Å². The number of aryl methyl sites for hydroxylation is 1. The molecule has 35 heavy (non-hydrogen) atoms. The molecule has 0 bridgehead atoms. The molecule has 1 N–H and O–H groups in total. The predicted molar refractivity (Wildman–Crippen MR) is 133 cm³/mol. The molecule has 9 nitrogen and oxygen atoms in total. The summed E-state index contributed by atoms with van der Waals surface area (Å²) >= 11 is 0. The smallest absolute Gasteiger partial charge is 0.252 e. The van der Waals surface area contributed by atoms with E-state index < -0.39 is 0 Å². The molecule has 4 heterocycles.